The Morgan fingerprint density at radius 1 is 1.16 bits per heavy atom. The summed E-state index contributed by atoms with van der Waals surface area (Å²) in [5.74, 6) is -0.510. The van der Waals surface area contributed by atoms with Gasteiger partial charge in [-0.05, 0) is 68.6 Å². The Balaban J connectivity index is 1.49. The quantitative estimate of drug-likeness (QED) is 0.317. The van der Waals surface area contributed by atoms with Crippen LogP contribution in [-0.2, 0) is 0 Å². The molecule has 0 aliphatic carbocycles. The lowest BCUT2D eigenvalue weighted by Crippen LogP contribution is -2.34. The van der Waals surface area contributed by atoms with Crippen molar-refractivity contribution in [1.82, 2.24) is 10.3 Å². The number of carbonyl (C=O) groups is 1. The number of anilines is 2. The topological polar surface area (TPSA) is 100 Å². The van der Waals surface area contributed by atoms with Crippen molar-refractivity contribution in [3.05, 3.63) is 57.1 Å². The van der Waals surface area contributed by atoms with Gasteiger partial charge in [0.2, 0.25) is 0 Å². The van der Waals surface area contributed by atoms with Gasteiger partial charge in [-0.3, -0.25) is 20.2 Å². The van der Waals surface area contributed by atoms with Gasteiger partial charge in [-0.15, -0.1) is 0 Å². The number of amides is 1. The molecule has 8 nitrogen and oxygen atoms in total. The van der Waals surface area contributed by atoms with Crippen LogP contribution in [-0.4, -0.2) is 34.0 Å². The fraction of sp³-hybridized carbons (Fsp3) is 0.318. The molecule has 32 heavy (non-hydrogen) atoms. The van der Waals surface area contributed by atoms with Gasteiger partial charge in [0.25, 0.3) is 11.6 Å². The van der Waals surface area contributed by atoms with Crippen molar-refractivity contribution in [2.75, 3.05) is 23.3 Å². The summed E-state index contributed by atoms with van der Waals surface area (Å²) >= 11 is 6.73. The molecule has 0 atom stereocenters. The van der Waals surface area contributed by atoms with Crippen molar-refractivity contribution in [2.45, 2.75) is 33.1 Å². The van der Waals surface area contributed by atoms with E-state index in [4.69, 9.17) is 12.2 Å². The third-order valence-corrected chi connectivity index (χ3v) is 6.83. The van der Waals surface area contributed by atoms with E-state index in [2.05, 4.69) is 15.6 Å². The van der Waals surface area contributed by atoms with Gasteiger partial charge in [0.15, 0.2) is 10.2 Å². The lowest BCUT2D eigenvalue weighted by Gasteiger charge is -2.28. The zero-order valence-electron chi connectivity index (χ0n) is 17.8. The van der Waals surface area contributed by atoms with E-state index in [1.54, 1.807) is 12.1 Å². The van der Waals surface area contributed by atoms with Crippen LogP contribution in [0.1, 0.15) is 40.7 Å². The van der Waals surface area contributed by atoms with Crippen LogP contribution in [0.2, 0.25) is 0 Å². The molecule has 2 heterocycles. The zero-order chi connectivity index (χ0) is 22.8. The molecule has 1 aliphatic rings. The Morgan fingerprint density at radius 2 is 1.88 bits per heavy atom. The van der Waals surface area contributed by atoms with E-state index in [9.17, 15) is 14.9 Å². The summed E-state index contributed by atoms with van der Waals surface area (Å²) in [4.78, 5) is 30.5. The van der Waals surface area contributed by atoms with Gasteiger partial charge in [-0.2, -0.15) is 0 Å². The van der Waals surface area contributed by atoms with Gasteiger partial charge in [-0.1, -0.05) is 23.5 Å². The molecule has 0 radical (unpaired) electrons. The average Bonchev–Trinajstić information content (AvgIpc) is 3.21. The highest BCUT2D eigenvalue weighted by molar-refractivity contribution is 7.80. The maximum atomic E-state index is 12.7. The molecule has 1 fully saturated rings. The third kappa shape index (κ3) is 4.56. The molecule has 4 rings (SSSR count). The fourth-order valence-electron chi connectivity index (χ4n) is 3.83. The third-order valence-electron chi connectivity index (χ3n) is 5.52. The highest BCUT2D eigenvalue weighted by Gasteiger charge is 2.23. The number of benzene rings is 2. The molecule has 0 bridgehead atoms. The molecule has 2 N–H and O–H groups in total. The molecule has 10 heteroatoms. The summed E-state index contributed by atoms with van der Waals surface area (Å²) in [5.41, 5.74) is 3.73. The summed E-state index contributed by atoms with van der Waals surface area (Å²) in [6.45, 7) is 5.57. The van der Waals surface area contributed by atoms with Gasteiger partial charge < -0.3 is 10.2 Å². The number of hydrogen-bond acceptors (Lipinski definition) is 7. The monoisotopic (exact) mass is 469 g/mol. The first-order valence-electron chi connectivity index (χ1n) is 10.4. The summed E-state index contributed by atoms with van der Waals surface area (Å²) in [6, 6.07) is 8.61. The first kappa shape index (κ1) is 22.1. The molecule has 0 spiro atoms. The molecule has 2 aromatic carbocycles. The van der Waals surface area contributed by atoms with Crippen molar-refractivity contribution in [3.63, 3.8) is 0 Å². The van der Waals surface area contributed by atoms with Crippen molar-refractivity contribution in [2.24, 2.45) is 0 Å². The highest BCUT2D eigenvalue weighted by atomic mass is 32.1. The van der Waals surface area contributed by atoms with Crippen molar-refractivity contribution >= 4 is 61.3 Å². The number of hydrogen-bond donors (Lipinski definition) is 2. The lowest BCUT2D eigenvalue weighted by molar-refractivity contribution is -0.384. The van der Waals surface area contributed by atoms with Crippen LogP contribution in [0.25, 0.3) is 10.2 Å². The summed E-state index contributed by atoms with van der Waals surface area (Å²) in [7, 11) is 0. The normalized spacial score (nSPS) is 13.8. The number of carbonyl (C=O) groups excluding carboxylic acids is 1. The Bertz CT molecular complexity index is 1180. The number of nitro groups is 1. The molecular formula is C22H23N5O3S2. The SMILES string of the molecule is Cc1ccc(C)c2sc(NC(=S)NC(=O)c3ccc(N4CCCCC4)c([N+](=O)[O-])c3)nc12. The number of piperidine rings is 1. The van der Waals surface area contributed by atoms with Gasteiger partial charge in [-0.25, -0.2) is 4.98 Å². The number of thiocarbonyl (C=S) groups is 1. The Morgan fingerprint density at radius 3 is 2.56 bits per heavy atom. The standard InChI is InChI=1S/C22H23N5O3S2/c1-13-6-7-14(2)19-18(13)23-22(32-19)25-21(31)24-20(28)15-8-9-16(17(12-15)27(29)30)26-10-4-3-5-11-26/h6-9,12H,3-5,10-11H2,1-2H3,(H2,23,24,25,28,31). The van der Waals surface area contributed by atoms with Crippen LogP contribution >= 0.6 is 23.6 Å². The maximum absolute atomic E-state index is 12.7. The lowest BCUT2D eigenvalue weighted by atomic mass is 10.1. The van der Waals surface area contributed by atoms with Crippen LogP contribution < -0.4 is 15.5 Å². The summed E-state index contributed by atoms with van der Waals surface area (Å²) in [6.07, 6.45) is 3.14. The average molecular weight is 470 g/mol. The molecule has 1 saturated heterocycles. The maximum Gasteiger partial charge on any atom is 0.293 e. The van der Waals surface area contributed by atoms with Gasteiger partial charge in [0.1, 0.15) is 5.69 Å². The summed E-state index contributed by atoms with van der Waals surface area (Å²) < 4.78 is 1.06. The van der Waals surface area contributed by atoms with E-state index in [-0.39, 0.29) is 16.4 Å². The van der Waals surface area contributed by atoms with Gasteiger partial charge in [0.05, 0.1) is 15.1 Å². The highest BCUT2D eigenvalue weighted by Crippen LogP contribution is 2.32. The fourth-order valence-corrected chi connectivity index (χ4v) is 5.10. The van der Waals surface area contributed by atoms with E-state index in [1.165, 1.54) is 17.4 Å². The van der Waals surface area contributed by atoms with Crippen molar-refractivity contribution in [3.8, 4) is 0 Å². The van der Waals surface area contributed by atoms with Crippen LogP contribution in [0.4, 0.5) is 16.5 Å². The minimum absolute atomic E-state index is 0.0736. The van der Waals surface area contributed by atoms with E-state index in [0.29, 0.717) is 10.8 Å². The molecular weight excluding hydrogens is 446 g/mol. The number of rotatable bonds is 4. The second-order valence-electron chi connectivity index (χ2n) is 7.81. The van der Waals surface area contributed by atoms with E-state index in [1.807, 2.05) is 30.9 Å². The van der Waals surface area contributed by atoms with E-state index >= 15 is 0 Å². The number of aryl methyl sites for hydroxylation is 2. The number of nitrogens with zero attached hydrogens (tertiary/aromatic N) is 3. The zero-order valence-corrected chi connectivity index (χ0v) is 19.4. The van der Waals surface area contributed by atoms with Gasteiger partial charge >= 0.3 is 0 Å². The molecule has 0 unspecified atom stereocenters. The number of nitro benzene ring substituents is 1. The number of nitrogens with one attached hydrogen (secondary N) is 2. The van der Waals surface area contributed by atoms with E-state index in [0.717, 1.165) is 53.7 Å². The van der Waals surface area contributed by atoms with Gasteiger partial charge in [0, 0.05) is 24.7 Å². The largest absolute Gasteiger partial charge is 0.366 e. The molecule has 1 amide bonds. The molecule has 0 saturated carbocycles. The van der Waals surface area contributed by atoms with Crippen LogP contribution in [0, 0.1) is 24.0 Å². The Kier molecular flexibility index (Phi) is 6.33. The first-order chi connectivity index (χ1) is 15.3. The van der Waals surface area contributed by atoms with Crippen molar-refractivity contribution in [1.29, 1.82) is 0 Å². The molecule has 1 aromatic heterocycles. The van der Waals surface area contributed by atoms with E-state index < -0.39 is 10.8 Å². The first-order valence-corrected chi connectivity index (χ1v) is 11.6. The van der Waals surface area contributed by atoms with Crippen LogP contribution in [0.5, 0.6) is 0 Å². The predicted molar refractivity (Wildman–Crippen MR) is 132 cm³/mol. The Hall–Kier alpha value is -3.11. The molecule has 166 valence electrons. The molecule has 3 aromatic rings. The number of fused-ring (bicyclic) bond motifs is 1. The number of aromatic nitrogens is 1. The van der Waals surface area contributed by atoms with Crippen LogP contribution in [0.3, 0.4) is 0 Å². The summed E-state index contributed by atoms with van der Waals surface area (Å²) in [5, 5.41) is 17.9. The number of thiazole rings is 1. The molecule has 1 aliphatic heterocycles. The predicted octanol–water partition coefficient (Wildman–Crippen LogP) is 4.94. The smallest absolute Gasteiger partial charge is 0.293 e. The second kappa shape index (κ2) is 9.17. The minimum Gasteiger partial charge on any atom is -0.366 e. The Labute approximate surface area is 194 Å². The van der Waals surface area contributed by atoms with Crippen molar-refractivity contribution < 1.29 is 9.72 Å². The van der Waals surface area contributed by atoms with Crippen LogP contribution in [0.15, 0.2) is 30.3 Å². The second-order valence-corrected chi connectivity index (χ2v) is 9.22. The minimum atomic E-state index is -0.510.